The van der Waals surface area contributed by atoms with Crippen LogP contribution in [-0.2, 0) is 0 Å². The lowest BCUT2D eigenvalue weighted by atomic mass is 10.1. The summed E-state index contributed by atoms with van der Waals surface area (Å²) < 4.78 is 3.03. The van der Waals surface area contributed by atoms with Gasteiger partial charge >= 0.3 is 0 Å². The van der Waals surface area contributed by atoms with Crippen LogP contribution in [0.25, 0.3) is 5.69 Å². The lowest BCUT2D eigenvalue weighted by molar-refractivity contribution is 0.593. The highest BCUT2D eigenvalue weighted by Crippen LogP contribution is 2.25. The number of aromatic nitrogens is 2. The fourth-order valence-corrected chi connectivity index (χ4v) is 2.43. The Morgan fingerprint density at radius 1 is 1.39 bits per heavy atom. The zero-order valence-electron chi connectivity index (χ0n) is 10.9. The minimum absolute atomic E-state index is 0.298. The number of hydrogen-bond acceptors (Lipinski definition) is 2. The molecule has 0 amide bonds. The summed E-state index contributed by atoms with van der Waals surface area (Å²) >= 11 is 3.54. The maximum Gasteiger partial charge on any atom is 0.0694 e. The van der Waals surface area contributed by atoms with Crippen LogP contribution in [-0.4, -0.2) is 16.3 Å². The van der Waals surface area contributed by atoms with Gasteiger partial charge in [-0.1, -0.05) is 22.9 Å². The third kappa shape index (κ3) is 2.82. The molecule has 0 aliphatic heterocycles. The topological polar surface area (TPSA) is 29.9 Å². The fourth-order valence-electron chi connectivity index (χ4n) is 2.05. The van der Waals surface area contributed by atoms with Gasteiger partial charge in [-0.05, 0) is 50.2 Å². The fraction of sp³-hybridized carbons (Fsp3) is 0.357. The van der Waals surface area contributed by atoms with E-state index in [0.29, 0.717) is 6.04 Å². The second-order valence-corrected chi connectivity index (χ2v) is 5.30. The lowest BCUT2D eigenvalue weighted by Crippen LogP contribution is -2.19. The zero-order chi connectivity index (χ0) is 13.1. The monoisotopic (exact) mass is 307 g/mol. The average Bonchev–Trinajstić information content (AvgIpc) is 2.76. The molecular formula is C14H18BrN3. The van der Waals surface area contributed by atoms with Gasteiger partial charge in [0, 0.05) is 16.7 Å². The van der Waals surface area contributed by atoms with E-state index in [2.05, 4.69) is 58.4 Å². The predicted molar refractivity (Wildman–Crippen MR) is 78.1 cm³/mol. The number of rotatable bonds is 4. The van der Waals surface area contributed by atoms with Gasteiger partial charge in [-0.15, -0.1) is 0 Å². The van der Waals surface area contributed by atoms with Gasteiger partial charge in [0.2, 0.25) is 0 Å². The maximum absolute atomic E-state index is 4.49. The van der Waals surface area contributed by atoms with Crippen molar-refractivity contribution in [3.63, 3.8) is 0 Å². The second-order valence-electron chi connectivity index (χ2n) is 4.38. The van der Waals surface area contributed by atoms with Crippen LogP contribution in [0.2, 0.25) is 0 Å². The highest BCUT2D eigenvalue weighted by molar-refractivity contribution is 9.10. The first-order valence-electron chi connectivity index (χ1n) is 6.17. The Morgan fingerprint density at radius 2 is 2.17 bits per heavy atom. The molecular weight excluding hydrogens is 290 g/mol. The van der Waals surface area contributed by atoms with E-state index in [9.17, 15) is 0 Å². The van der Waals surface area contributed by atoms with Gasteiger partial charge in [-0.2, -0.15) is 5.10 Å². The third-order valence-corrected chi connectivity index (χ3v) is 3.43. The summed E-state index contributed by atoms with van der Waals surface area (Å²) in [4.78, 5) is 0. The third-order valence-electron chi connectivity index (χ3n) is 2.94. The molecule has 0 saturated carbocycles. The summed E-state index contributed by atoms with van der Waals surface area (Å²) in [6, 6.07) is 8.62. The molecule has 4 heteroatoms. The van der Waals surface area contributed by atoms with E-state index in [0.717, 1.165) is 22.4 Å². The molecule has 0 aliphatic rings. The van der Waals surface area contributed by atoms with Crippen LogP contribution in [0.3, 0.4) is 0 Å². The van der Waals surface area contributed by atoms with E-state index < -0.39 is 0 Å². The predicted octanol–water partition coefficient (Wildman–Crippen LogP) is 3.61. The summed E-state index contributed by atoms with van der Waals surface area (Å²) in [6.07, 6.45) is 2.00. The first-order chi connectivity index (χ1) is 8.61. The number of benzene rings is 1. The van der Waals surface area contributed by atoms with Crippen LogP contribution in [0, 0.1) is 6.92 Å². The Bertz CT molecular complexity index is 534. The number of halogens is 1. The Labute approximate surface area is 116 Å². The van der Waals surface area contributed by atoms with Crippen molar-refractivity contribution >= 4 is 15.9 Å². The Hall–Kier alpha value is -1.13. The summed E-state index contributed by atoms with van der Waals surface area (Å²) in [5.74, 6) is 0. The molecule has 1 aromatic carbocycles. The van der Waals surface area contributed by atoms with E-state index in [4.69, 9.17) is 0 Å². The van der Waals surface area contributed by atoms with Gasteiger partial charge in [0.05, 0.1) is 11.4 Å². The molecule has 1 aromatic heterocycles. The average molecular weight is 308 g/mol. The second kappa shape index (κ2) is 5.67. The van der Waals surface area contributed by atoms with Crippen molar-refractivity contribution in [2.24, 2.45) is 0 Å². The normalized spacial score (nSPS) is 12.7. The van der Waals surface area contributed by atoms with Gasteiger partial charge in [0.25, 0.3) is 0 Å². The van der Waals surface area contributed by atoms with Crippen LogP contribution in [0.1, 0.15) is 31.1 Å². The highest BCUT2D eigenvalue weighted by Gasteiger charge is 2.12. The van der Waals surface area contributed by atoms with Gasteiger partial charge < -0.3 is 5.32 Å². The zero-order valence-corrected chi connectivity index (χ0v) is 12.5. The minimum Gasteiger partial charge on any atom is -0.310 e. The lowest BCUT2D eigenvalue weighted by Gasteiger charge is -2.17. The summed E-state index contributed by atoms with van der Waals surface area (Å²) in [5.41, 5.74) is 3.40. The summed E-state index contributed by atoms with van der Waals surface area (Å²) in [7, 11) is 0. The molecule has 1 heterocycles. The van der Waals surface area contributed by atoms with Gasteiger partial charge in [0.1, 0.15) is 0 Å². The molecule has 3 nitrogen and oxygen atoms in total. The maximum atomic E-state index is 4.49. The van der Waals surface area contributed by atoms with Crippen molar-refractivity contribution in [2.75, 3.05) is 6.54 Å². The van der Waals surface area contributed by atoms with Crippen LogP contribution in [0.5, 0.6) is 0 Å². The van der Waals surface area contributed by atoms with Crippen molar-refractivity contribution in [3.8, 4) is 5.69 Å². The molecule has 0 saturated heterocycles. The van der Waals surface area contributed by atoms with Crippen molar-refractivity contribution in [3.05, 3.63) is 46.2 Å². The number of hydrogen-bond donors (Lipinski definition) is 1. The molecule has 1 atom stereocenters. The highest BCUT2D eigenvalue weighted by atomic mass is 79.9. The smallest absolute Gasteiger partial charge is 0.0694 e. The quantitative estimate of drug-likeness (QED) is 0.935. The first-order valence-corrected chi connectivity index (χ1v) is 6.96. The molecule has 18 heavy (non-hydrogen) atoms. The van der Waals surface area contributed by atoms with E-state index in [-0.39, 0.29) is 0 Å². The van der Waals surface area contributed by atoms with Crippen LogP contribution >= 0.6 is 15.9 Å². The van der Waals surface area contributed by atoms with E-state index in [1.807, 2.05) is 23.9 Å². The van der Waals surface area contributed by atoms with Crippen molar-refractivity contribution in [1.29, 1.82) is 0 Å². The van der Waals surface area contributed by atoms with Gasteiger partial charge in [-0.3, -0.25) is 0 Å². The van der Waals surface area contributed by atoms with Crippen molar-refractivity contribution in [1.82, 2.24) is 15.1 Å². The molecule has 1 unspecified atom stereocenters. The summed E-state index contributed by atoms with van der Waals surface area (Å²) in [5, 5.41) is 7.93. The minimum atomic E-state index is 0.298. The van der Waals surface area contributed by atoms with Crippen LogP contribution < -0.4 is 5.32 Å². The standard InChI is InChI=1S/C14H18BrN3/c1-4-16-11(3)13-9-12(15)5-6-14(13)18-8-7-10(2)17-18/h5-9,11,16H,4H2,1-3H3. The number of aryl methyl sites for hydroxylation is 1. The Morgan fingerprint density at radius 3 is 2.78 bits per heavy atom. The van der Waals surface area contributed by atoms with E-state index >= 15 is 0 Å². The number of nitrogens with one attached hydrogen (secondary N) is 1. The first kappa shape index (κ1) is 13.3. The number of nitrogens with zero attached hydrogens (tertiary/aromatic N) is 2. The van der Waals surface area contributed by atoms with Crippen molar-refractivity contribution < 1.29 is 0 Å². The van der Waals surface area contributed by atoms with Gasteiger partial charge in [-0.25, -0.2) is 4.68 Å². The van der Waals surface area contributed by atoms with Crippen LogP contribution in [0.4, 0.5) is 0 Å². The molecule has 2 aromatic rings. The van der Waals surface area contributed by atoms with Crippen molar-refractivity contribution in [2.45, 2.75) is 26.8 Å². The van der Waals surface area contributed by atoms with E-state index in [1.165, 1.54) is 5.56 Å². The summed E-state index contributed by atoms with van der Waals surface area (Å²) in [6.45, 7) is 7.24. The van der Waals surface area contributed by atoms with E-state index in [1.54, 1.807) is 0 Å². The molecule has 0 bridgehead atoms. The van der Waals surface area contributed by atoms with Gasteiger partial charge in [0.15, 0.2) is 0 Å². The molecule has 0 spiro atoms. The SMILES string of the molecule is CCNC(C)c1cc(Br)ccc1-n1ccc(C)n1. The Kier molecular flexibility index (Phi) is 4.19. The molecule has 96 valence electrons. The molecule has 0 fully saturated rings. The molecule has 0 radical (unpaired) electrons. The molecule has 2 rings (SSSR count). The largest absolute Gasteiger partial charge is 0.310 e. The Balaban J connectivity index is 2.46. The molecule has 1 N–H and O–H groups in total. The molecule has 0 aliphatic carbocycles. The van der Waals surface area contributed by atoms with Crippen LogP contribution in [0.15, 0.2) is 34.9 Å².